The molecule has 158 valence electrons. The minimum absolute atomic E-state index is 0.0737. The van der Waals surface area contributed by atoms with Gasteiger partial charge >= 0.3 is 0 Å². The summed E-state index contributed by atoms with van der Waals surface area (Å²) in [6.07, 6.45) is 1.41. The van der Waals surface area contributed by atoms with E-state index in [0.29, 0.717) is 25.8 Å². The molecule has 31 heavy (non-hydrogen) atoms. The Labute approximate surface area is 195 Å². The number of benzene rings is 3. The predicted octanol–water partition coefficient (Wildman–Crippen LogP) is 6.01. The van der Waals surface area contributed by atoms with Crippen molar-refractivity contribution in [2.24, 2.45) is 5.10 Å². The molecule has 0 radical (unpaired) electrons. The summed E-state index contributed by atoms with van der Waals surface area (Å²) in [5.74, 6) is -0.0884. The number of nitrogens with zero attached hydrogens (tertiary/aromatic N) is 2. The number of nitrogens with one attached hydrogen (secondary N) is 1. The van der Waals surface area contributed by atoms with Crippen LogP contribution in [0.4, 0.5) is 5.69 Å². The summed E-state index contributed by atoms with van der Waals surface area (Å²) in [7, 11) is 0. The summed E-state index contributed by atoms with van der Waals surface area (Å²) in [5, 5.41) is 16.0. The fraction of sp³-hybridized carbons (Fsp3) is 0.0476. The highest BCUT2D eigenvalue weighted by atomic mass is 79.9. The molecular weight excluding hydrogens is 509 g/mol. The number of carbonyl (C=O) groups excluding carboxylic acids is 1. The van der Waals surface area contributed by atoms with Gasteiger partial charge in [0, 0.05) is 21.7 Å². The summed E-state index contributed by atoms with van der Waals surface area (Å²) >= 11 is 15.5. The molecule has 0 bridgehead atoms. The molecule has 3 aromatic carbocycles. The van der Waals surface area contributed by atoms with Crippen molar-refractivity contribution in [1.82, 2.24) is 5.43 Å². The summed E-state index contributed by atoms with van der Waals surface area (Å²) < 4.78 is 6.45. The number of carbonyl (C=O) groups is 1. The van der Waals surface area contributed by atoms with Gasteiger partial charge in [0.15, 0.2) is 0 Å². The van der Waals surface area contributed by atoms with Crippen molar-refractivity contribution in [3.05, 3.63) is 102 Å². The van der Waals surface area contributed by atoms with Crippen LogP contribution in [-0.2, 0) is 6.61 Å². The second-order valence-corrected chi connectivity index (χ2v) is 7.89. The normalized spacial score (nSPS) is 10.8. The summed E-state index contributed by atoms with van der Waals surface area (Å²) in [4.78, 5) is 22.6. The molecule has 0 unspecified atom stereocenters. The van der Waals surface area contributed by atoms with E-state index in [4.69, 9.17) is 27.9 Å². The third-order valence-electron chi connectivity index (χ3n) is 4.08. The number of hydrazone groups is 1. The molecule has 0 spiro atoms. The molecule has 10 heteroatoms. The summed E-state index contributed by atoms with van der Waals surface area (Å²) in [6.45, 7) is 0.258. The lowest BCUT2D eigenvalue weighted by Crippen LogP contribution is -2.18. The van der Waals surface area contributed by atoms with E-state index in [1.54, 1.807) is 42.5 Å². The Morgan fingerprint density at radius 3 is 2.65 bits per heavy atom. The summed E-state index contributed by atoms with van der Waals surface area (Å²) in [6, 6.07) is 16.0. The number of halogens is 3. The van der Waals surface area contributed by atoms with E-state index in [0.717, 1.165) is 5.56 Å². The molecule has 0 heterocycles. The van der Waals surface area contributed by atoms with Crippen molar-refractivity contribution in [3.8, 4) is 5.75 Å². The second kappa shape index (κ2) is 10.4. The molecule has 0 aromatic heterocycles. The molecule has 0 aliphatic heterocycles. The number of para-hydroxylation sites is 1. The first-order valence-electron chi connectivity index (χ1n) is 8.78. The van der Waals surface area contributed by atoms with Crippen molar-refractivity contribution >= 4 is 56.9 Å². The van der Waals surface area contributed by atoms with Gasteiger partial charge in [0.1, 0.15) is 17.9 Å². The Morgan fingerprint density at radius 1 is 1.16 bits per heavy atom. The van der Waals surface area contributed by atoms with Crippen molar-refractivity contribution in [2.75, 3.05) is 0 Å². The zero-order valence-corrected chi connectivity index (χ0v) is 18.8. The average molecular weight is 523 g/mol. The maximum atomic E-state index is 12.2. The van der Waals surface area contributed by atoms with Crippen LogP contribution in [0.25, 0.3) is 0 Å². The number of hydrogen-bond acceptors (Lipinski definition) is 5. The molecule has 0 saturated carbocycles. The minimum Gasteiger partial charge on any atom is -0.488 e. The van der Waals surface area contributed by atoms with E-state index in [-0.39, 0.29) is 17.9 Å². The first-order chi connectivity index (χ1) is 14.8. The Morgan fingerprint density at radius 2 is 1.94 bits per heavy atom. The van der Waals surface area contributed by atoms with Crippen molar-refractivity contribution in [1.29, 1.82) is 0 Å². The van der Waals surface area contributed by atoms with Gasteiger partial charge in [-0.2, -0.15) is 5.10 Å². The molecule has 3 rings (SSSR count). The quantitative estimate of drug-likeness (QED) is 0.233. The number of ether oxygens (including phenoxy) is 1. The van der Waals surface area contributed by atoms with Gasteiger partial charge in [0.2, 0.25) is 0 Å². The van der Waals surface area contributed by atoms with E-state index in [9.17, 15) is 14.9 Å². The third kappa shape index (κ3) is 6.04. The first kappa shape index (κ1) is 22.7. The van der Waals surface area contributed by atoms with Gasteiger partial charge in [-0.25, -0.2) is 5.43 Å². The van der Waals surface area contributed by atoms with Gasteiger partial charge in [-0.1, -0.05) is 41.4 Å². The van der Waals surface area contributed by atoms with Gasteiger partial charge < -0.3 is 4.74 Å². The zero-order chi connectivity index (χ0) is 22.4. The molecule has 0 fully saturated rings. The van der Waals surface area contributed by atoms with Crippen LogP contribution in [-0.4, -0.2) is 17.0 Å². The Hall–Kier alpha value is -2.94. The van der Waals surface area contributed by atoms with Gasteiger partial charge in [-0.05, 0) is 57.9 Å². The molecule has 1 amide bonds. The molecular formula is C21H14BrCl2N3O4. The fourth-order valence-electron chi connectivity index (χ4n) is 2.56. The van der Waals surface area contributed by atoms with Gasteiger partial charge in [-0.3, -0.25) is 14.9 Å². The zero-order valence-electron chi connectivity index (χ0n) is 15.7. The lowest BCUT2D eigenvalue weighted by Gasteiger charge is -2.10. The van der Waals surface area contributed by atoms with Gasteiger partial charge in [-0.15, -0.1) is 0 Å². The van der Waals surface area contributed by atoms with E-state index < -0.39 is 10.8 Å². The SMILES string of the molecule is O=C(N/N=C\c1ccc(OCc2ccc(Cl)cc2Cl)c(Br)c1)c1ccccc1[N+](=O)[O-]. The van der Waals surface area contributed by atoms with Crippen molar-refractivity contribution in [2.45, 2.75) is 6.61 Å². The van der Waals surface area contributed by atoms with E-state index in [1.807, 2.05) is 0 Å². The topological polar surface area (TPSA) is 93.8 Å². The number of nitro benzene ring substituents is 1. The molecule has 3 aromatic rings. The lowest BCUT2D eigenvalue weighted by molar-refractivity contribution is -0.385. The molecule has 0 saturated heterocycles. The average Bonchev–Trinajstić information content (AvgIpc) is 2.74. The minimum atomic E-state index is -0.678. The highest BCUT2D eigenvalue weighted by Crippen LogP contribution is 2.28. The van der Waals surface area contributed by atoms with Gasteiger partial charge in [0.05, 0.1) is 15.6 Å². The standard InChI is InChI=1S/C21H14BrCl2N3O4/c22-17-9-13(5-8-20(17)31-12-14-6-7-15(23)10-18(14)24)11-25-26-21(28)16-3-1-2-4-19(16)27(29)30/h1-11H,12H2,(H,26,28)/b25-11-. The maximum absolute atomic E-state index is 12.2. The smallest absolute Gasteiger partial charge is 0.282 e. The third-order valence-corrected chi connectivity index (χ3v) is 5.29. The van der Waals surface area contributed by atoms with Crippen LogP contribution in [0.15, 0.2) is 70.2 Å². The molecule has 1 N–H and O–H groups in total. The van der Waals surface area contributed by atoms with E-state index >= 15 is 0 Å². The molecule has 0 aliphatic carbocycles. The van der Waals surface area contributed by atoms with Crippen LogP contribution < -0.4 is 10.2 Å². The van der Waals surface area contributed by atoms with Gasteiger partial charge in [0.25, 0.3) is 11.6 Å². The van der Waals surface area contributed by atoms with Crippen molar-refractivity contribution in [3.63, 3.8) is 0 Å². The number of hydrogen-bond donors (Lipinski definition) is 1. The van der Waals surface area contributed by atoms with Crippen LogP contribution in [0.1, 0.15) is 21.5 Å². The second-order valence-electron chi connectivity index (χ2n) is 6.19. The van der Waals surface area contributed by atoms with Crippen LogP contribution in [0.5, 0.6) is 5.75 Å². The van der Waals surface area contributed by atoms with E-state index in [1.165, 1.54) is 24.4 Å². The van der Waals surface area contributed by atoms with E-state index in [2.05, 4.69) is 26.5 Å². The highest BCUT2D eigenvalue weighted by molar-refractivity contribution is 9.10. The van der Waals surface area contributed by atoms with Crippen LogP contribution >= 0.6 is 39.1 Å². The number of nitro groups is 1. The largest absolute Gasteiger partial charge is 0.488 e. The number of amides is 1. The highest BCUT2D eigenvalue weighted by Gasteiger charge is 2.18. The molecule has 0 atom stereocenters. The molecule has 7 nitrogen and oxygen atoms in total. The Kier molecular flexibility index (Phi) is 7.62. The number of rotatable bonds is 7. The first-order valence-corrected chi connectivity index (χ1v) is 10.3. The maximum Gasteiger partial charge on any atom is 0.282 e. The molecule has 0 aliphatic rings. The van der Waals surface area contributed by atoms with Crippen LogP contribution in [0.2, 0.25) is 10.0 Å². The van der Waals surface area contributed by atoms with Crippen LogP contribution in [0, 0.1) is 10.1 Å². The predicted molar refractivity (Wildman–Crippen MR) is 123 cm³/mol. The van der Waals surface area contributed by atoms with Crippen LogP contribution in [0.3, 0.4) is 0 Å². The summed E-state index contributed by atoms with van der Waals surface area (Å²) in [5.41, 5.74) is 3.39. The lowest BCUT2D eigenvalue weighted by atomic mass is 10.2. The monoisotopic (exact) mass is 521 g/mol. The Bertz CT molecular complexity index is 1170. The Balaban J connectivity index is 1.63. The fourth-order valence-corrected chi connectivity index (χ4v) is 3.53. The van der Waals surface area contributed by atoms with Crippen molar-refractivity contribution < 1.29 is 14.5 Å².